The van der Waals surface area contributed by atoms with Gasteiger partial charge in [0.05, 0.1) is 16.8 Å². The number of aryl methyl sites for hydroxylation is 1. The standard InChI is InChI=1S/C20H15Cl2N9O5/c1-10-17(30(29-25-10)19-18(23)27-36-28-19)20(32)26-24-8-11-7-12(31(33)34)5-6-16(11)35-9-13-14(21)3-2-4-15(13)22/h2-8H,9H2,1H3,(H2,23,27)(H,26,32)/b24-8-. The van der Waals surface area contributed by atoms with Crippen molar-refractivity contribution in [1.82, 2.24) is 30.7 Å². The van der Waals surface area contributed by atoms with Gasteiger partial charge in [0.25, 0.3) is 11.6 Å². The molecule has 0 bridgehead atoms. The lowest BCUT2D eigenvalue weighted by atomic mass is 10.2. The van der Waals surface area contributed by atoms with Crippen molar-refractivity contribution in [2.45, 2.75) is 13.5 Å². The second-order valence-electron chi connectivity index (χ2n) is 7.08. The van der Waals surface area contributed by atoms with E-state index in [1.165, 1.54) is 31.3 Å². The maximum Gasteiger partial charge on any atom is 0.292 e. The van der Waals surface area contributed by atoms with Crippen LogP contribution < -0.4 is 15.9 Å². The summed E-state index contributed by atoms with van der Waals surface area (Å²) in [6.07, 6.45) is 1.18. The Morgan fingerprint density at radius 2 is 2.06 bits per heavy atom. The van der Waals surface area contributed by atoms with Gasteiger partial charge in [0.2, 0.25) is 11.6 Å². The number of carbonyl (C=O) groups excluding carboxylic acids is 1. The van der Waals surface area contributed by atoms with Gasteiger partial charge < -0.3 is 10.5 Å². The number of non-ortho nitro benzene ring substituents is 1. The lowest BCUT2D eigenvalue weighted by Gasteiger charge is -2.11. The van der Waals surface area contributed by atoms with Gasteiger partial charge in [0.15, 0.2) is 5.69 Å². The van der Waals surface area contributed by atoms with Gasteiger partial charge >= 0.3 is 0 Å². The zero-order valence-electron chi connectivity index (χ0n) is 18.3. The van der Waals surface area contributed by atoms with E-state index in [1.807, 2.05) is 0 Å². The van der Waals surface area contributed by atoms with Crippen molar-refractivity contribution in [3.05, 3.63) is 79.1 Å². The number of ether oxygens (including phenoxy) is 1. The summed E-state index contributed by atoms with van der Waals surface area (Å²) in [4.78, 5) is 23.5. The molecule has 1 amide bonds. The number of aromatic nitrogens is 5. The Balaban J connectivity index is 1.57. The van der Waals surface area contributed by atoms with Crippen LogP contribution in [-0.4, -0.2) is 42.4 Å². The van der Waals surface area contributed by atoms with Gasteiger partial charge in [0.1, 0.15) is 12.4 Å². The summed E-state index contributed by atoms with van der Waals surface area (Å²) in [5.41, 5.74) is 8.73. The second kappa shape index (κ2) is 10.4. The van der Waals surface area contributed by atoms with Crippen molar-refractivity contribution >= 4 is 46.8 Å². The van der Waals surface area contributed by atoms with E-state index in [0.29, 0.717) is 15.6 Å². The van der Waals surface area contributed by atoms with Crippen molar-refractivity contribution < 1.29 is 19.1 Å². The number of benzene rings is 2. The smallest absolute Gasteiger partial charge is 0.292 e. The number of hydrogen-bond donors (Lipinski definition) is 2. The van der Waals surface area contributed by atoms with Crippen LogP contribution in [0.15, 0.2) is 46.1 Å². The quantitative estimate of drug-likeness (QED) is 0.194. The highest BCUT2D eigenvalue weighted by molar-refractivity contribution is 6.35. The van der Waals surface area contributed by atoms with E-state index in [4.69, 9.17) is 33.7 Å². The third-order valence-electron chi connectivity index (χ3n) is 4.76. The number of halogens is 2. The third kappa shape index (κ3) is 5.08. The molecular formula is C20H15Cl2N9O5. The minimum absolute atomic E-state index is 0.0132. The summed E-state index contributed by atoms with van der Waals surface area (Å²) >= 11 is 12.4. The minimum Gasteiger partial charge on any atom is -0.488 e. The Bertz CT molecular complexity index is 1460. The maximum absolute atomic E-state index is 12.8. The number of hydrazone groups is 1. The first-order valence-electron chi connectivity index (χ1n) is 9.94. The SMILES string of the molecule is Cc1nnn(-c2nonc2N)c1C(=O)N/N=C\c1cc([N+](=O)[O-])ccc1OCc1c(Cl)cccc1Cl. The van der Waals surface area contributed by atoms with Gasteiger partial charge in [-0.25, -0.2) is 10.1 Å². The molecule has 14 nitrogen and oxygen atoms in total. The lowest BCUT2D eigenvalue weighted by molar-refractivity contribution is -0.384. The summed E-state index contributed by atoms with van der Waals surface area (Å²) in [6.45, 7) is 1.53. The van der Waals surface area contributed by atoms with E-state index in [2.05, 4.69) is 35.8 Å². The fraction of sp³-hybridized carbons (Fsp3) is 0.100. The fourth-order valence-corrected chi connectivity index (χ4v) is 3.53. The lowest BCUT2D eigenvalue weighted by Crippen LogP contribution is -2.23. The summed E-state index contributed by atoms with van der Waals surface area (Å²) in [5.74, 6) is -0.613. The summed E-state index contributed by atoms with van der Waals surface area (Å²) < 4.78 is 11.4. The first-order chi connectivity index (χ1) is 17.3. The molecule has 184 valence electrons. The number of nitrogens with zero attached hydrogens (tertiary/aromatic N) is 7. The van der Waals surface area contributed by atoms with Crippen molar-refractivity contribution in [2.24, 2.45) is 5.10 Å². The largest absolute Gasteiger partial charge is 0.488 e. The highest BCUT2D eigenvalue weighted by Gasteiger charge is 2.23. The van der Waals surface area contributed by atoms with Crippen LogP contribution in [0.1, 0.15) is 27.3 Å². The van der Waals surface area contributed by atoms with Crippen molar-refractivity contribution in [3.63, 3.8) is 0 Å². The Labute approximate surface area is 211 Å². The zero-order valence-corrected chi connectivity index (χ0v) is 19.8. The zero-order chi connectivity index (χ0) is 25.8. The molecule has 0 fully saturated rings. The normalized spacial score (nSPS) is 11.1. The number of carbonyl (C=O) groups is 1. The molecule has 16 heteroatoms. The number of nitro groups is 1. The van der Waals surface area contributed by atoms with Crippen molar-refractivity contribution in [1.29, 1.82) is 0 Å². The molecule has 2 heterocycles. The number of anilines is 1. The molecule has 0 radical (unpaired) electrons. The van der Waals surface area contributed by atoms with E-state index in [0.717, 1.165) is 4.68 Å². The third-order valence-corrected chi connectivity index (χ3v) is 5.47. The van der Waals surface area contributed by atoms with E-state index in [1.54, 1.807) is 18.2 Å². The molecule has 2 aromatic heterocycles. The molecule has 4 rings (SSSR count). The molecule has 0 aliphatic heterocycles. The molecule has 0 unspecified atom stereocenters. The number of rotatable bonds is 8. The topological polar surface area (TPSA) is 189 Å². The maximum atomic E-state index is 12.8. The molecule has 3 N–H and O–H groups in total. The molecule has 0 atom stereocenters. The Morgan fingerprint density at radius 1 is 1.31 bits per heavy atom. The van der Waals surface area contributed by atoms with Crippen LogP contribution in [0.4, 0.5) is 11.5 Å². The van der Waals surface area contributed by atoms with E-state index >= 15 is 0 Å². The van der Waals surface area contributed by atoms with Crippen LogP contribution in [0.25, 0.3) is 5.82 Å². The average Bonchev–Trinajstić information content (AvgIpc) is 3.43. The monoisotopic (exact) mass is 531 g/mol. The van der Waals surface area contributed by atoms with Crippen molar-refractivity contribution in [3.8, 4) is 11.6 Å². The molecule has 0 aliphatic rings. The summed E-state index contributed by atoms with van der Waals surface area (Å²) in [6, 6.07) is 8.91. The van der Waals surface area contributed by atoms with Crippen LogP contribution in [0, 0.1) is 17.0 Å². The van der Waals surface area contributed by atoms with Crippen LogP contribution in [0.3, 0.4) is 0 Å². The number of hydrogen-bond acceptors (Lipinski definition) is 11. The number of amides is 1. The Kier molecular flexibility index (Phi) is 7.07. The van der Waals surface area contributed by atoms with E-state index in [-0.39, 0.29) is 46.6 Å². The molecule has 4 aromatic rings. The van der Waals surface area contributed by atoms with Gasteiger partial charge in [-0.2, -0.15) is 9.78 Å². The number of nitrogens with two attached hydrogens (primary N) is 1. The number of nitrogens with one attached hydrogen (secondary N) is 1. The molecule has 0 aliphatic carbocycles. The first kappa shape index (κ1) is 24.6. The van der Waals surface area contributed by atoms with Crippen molar-refractivity contribution in [2.75, 3.05) is 5.73 Å². The minimum atomic E-state index is -0.716. The molecule has 0 saturated heterocycles. The molecule has 0 saturated carbocycles. The summed E-state index contributed by atoms with van der Waals surface area (Å²) in [5, 5.41) is 30.6. The molecule has 0 spiro atoms. The highest BCUT2D eigenvalue weighted by Crippen LogP contribution is 2.28. The first-order valence-corrected chi connectivity index (χ1v) is 10.7. The van der Waals surface area contributed by atoms with Gasteiger partial charge in [-0.05, 0) is 35.4 Å². The van der Waals surface area contributed by atoms with Crippen LogP contribution in [-0.2, 0) is 6.61 Å². The van der Waals surface area contributed by atoms with Crippen LogP contribution in [0.5, 0.6) is 5.75 Å². The van der Waals surface area contributed by atoms with Gasteiger partial charge in [-0.15, -0.1) is 5.10 Å². The van der Waals surface area contributed by atoms with E-state index < -0.39 is 10.8 Å². The predicted molar refractivity (Wildman–Crippen MR) is 127 cm³/mol. The molecular weight excluding hydrogens is 517 g/mol. The van der Waals surface area contributed by atoms with Gasteiger partial charge in [-0.1, -0.05) is 34.5 Å². The average molecular weight is 532 g/mol. The van der Waals surface area contributed by atoms with Crippen LogP contribution in [0.2, 0.25) is 10.0 Å². The van der Waals surface area contributed by atoms with E-state index in [9.17, 15) is 14.9 Å². The molecule has 36 heavy (non-hydrogen) atoms. The number of nitro benzene ring substituents is 1. The predicted octanol–water partition coefficient (Wildman–Crippen LogP) is 3.10. The summed E-state index contributed by atoms with van der Waals surface area (Å²) in [7, 11) is 0. The molecule has 2 aromatic carbocycles. The second-order valence-corrected chi connectivity index (χ2v) is 7.89. The Morgan fingerprint density at radius 3 is 2.72 bits per heavy atom. The number of nitrogen functional groups attached to an aromatic ring is 1. The van der Waals surface area contributed by atoms with Gasteiger partial charge in [-0.3, -0.25) is 14.9 Å². The Hall–Kier alpha value is -4.56. The van der Waals surface area contributed by atoms with Crippen LogP contribution >= 0.6 is 23.2 Å². The highest BCUT2D eigenvalue weighted by atomic mass is 35.5. The van der Waals surface area contributed by atoms with Gasteiger partial charge in [0, 0.05) is 33.3 Å². The fourth-order valence-electron chi connectivity index (χ4n) is 3.02.